The molecule has 0 atom stereocenters. The number of hydrogen-bond donors (Lipinski definition) is 0. The van der Waals surface area contributed by atoms with E-state index in [2.05, 4.69) is 0 Å². The van der Waals surface area contributed by atoms with Crippen LogP contribution in [0.15, 0.2) is 27.8 Å². The fraction of sp³-hybridized carbons (Fsp3) is 0.312. The Morgan fingerprint density at radius 1 is 1.21 bits per heavy atom. The third-order valence-electron chi connectivity index (χ3n) is 4.21. The van der Waals surface area contributed by atoms with Crippen LogP contribution < -0.4 is 45.9 Å². The zero-order valence-corrected chi connectivity index (χ0v) is 16.2. The van der Waals surface area contributed by atoms with Gasteiger partial charge in [0, 0.05) is 28.9 Å². The van der Waals surface area contributed by atoms with E-state index < -0.39 is 17.2 Å². The number of benzene rings is 1. The van der Waals surface area contributed by atoms with Gasteiger partial charge in [-0.25, -0.2) is 9.36 Å². The van der Waals surface area contributed by atoms with Crippen LogP contribution in [0.25, 0.3) is 5.69 Å². The summed E-state index contributed by atoms with van der Waals surface area (Å²) < 4.78 is 2.45. The molecule has 0 saturated carbocycles. The van der Waals surface area contributed by atoms with Crippen molar-refractivity contribution in [2.24, 2.45) is 7.05 Å². The van der Waals surface area contributed by atoms with E-state index in [0.717, 1.165) is 23.1 Å². The van der Waals surface area contributed by atoms with E-state index in [4.69, 9.17) is 11.6 Å². The second kappa shape index (κ2) is 7.27. The standard InChI is InChI=1S/C16H15ClN2O4.Na/c1-18-13-5-3-2-4-10(13)14(20)19(16(18)23)9-6-7-12(17)11(8-9)15(21)22;/h6-8H,2-5H2,1H3,(H,21,22);/q;+1/p-1. The quantitative estimate of drug-likeness (QED) is 0.554. The number of aromatic carboxylic acids is 1. The zero-order chi connectivity index (χ0) is 16.7. The minimum absolute atomic E-state index is 0. The molecule has 2 aromatic rings. The van der Waals surface area contributed by atoms with Crippen molar-refractivity contribution in [1.82, 2.24) is 9.13 Å². The van der Waals surface area contributed by atoms with Crippen LogP contribution in [0.1, 0.15) is 34.5 Å². The molecular formula is C16H14ClN2NaO4. The summed E-state index contributed by atoms with van der Waals surface area (Å²) in [7, 11) is 1.62. The Morgan fingerprint density at radius 3 is 2.54 bits per heavy atom. The summed E-state index contributed by atoms with van der Waals surface area (Å²) in [5.41, 5.74) is 0.403. The molecule has 24 heavy (non-hydrogen) atoms. The van der Waals surface area contributed by atoms with Crippen LogP contribution in [-0.4, -0.2) is 15.1 Å². The van der Waals surface area contributed by atoms with Crippen molar-refractivity contribution >= 4 is 17.6 Å². The number of carboxylic acid groups (broad SMARTS) is 1. The molecule has 0 bridgehead atoms. The van der Waals surface area contributed by atoms with Gasteiger partial charge in [0.25, 0.3) is 5.56 Å². The second-order valence-electron chi connectivity index (χ2n) is 5.57. The van der Waals surface area contributed by atoms with Crippen molar-refractivity contribution in [3.05, 3.63) is 60.9 Å². The van der Waals surface area contributed by atoms with Gasteiger partial charge in [-0.3, -0.25) is 4.79 Å². The molecule has 1 aromatic carbocycles. The molecule has 120 valence electrons. The van der Waals surface area contributed by atoms with Gasteiger partial charge in [0.2, 0.25) is 0 Å². The number of nitrogens with zero attached hydrogens (tertiary/aromatic N) is 2. The fourth-order valence-corrected chi connectivity index (χ4v) is 3.21. The van der Waals surface area contributed by atoms with E-state index in [1.807, 2.05) is 0 Å². The Morgan fingerprint density at radius 2 is 1.88 bits per heavy atom. The summed E-state index contributed by atoms with van der Waals surface area (Å²) in [6, 6.07) is 3.98. The molecule has 0 aliphatic heterocycles. The predicted molar refractivity (Wildman–Crippen MR) is 83.3 cm³/mol. The maximum Gasteiger partial charge on any atom is 1.00 e. The van der Waals surface area contributed by atoms with E-state index in [1.165, 1.54) is 22.8 Å². The van der Waals surface area contributed by atoms with Crippen LogP contribution in [0.2, 0.25) is 5.02 Å². The molecule has 3 rings (SSSR count). The number of carbonyl (C=O) groups excluding carboxylic acids is 1. The molecule has 0 amide bonds. The van der Waals surface area contributed by atoms with Gasteiger partial charge in [-0.2, -0.15) is 0 Å². The fourth-order valence-electron chi connectivity index (χ4n) is 3.01. The molecule has 0 N–H and O–H groups in total. The molecule has 0 saturated heterocycles. The van der Waals surface area contributed by atoms with Crippen molar-refractivity contribution < 1.29 is 39.5 Å². The molecule has 0 spiro atoms. The number of aromatic nitrogens is 2. The molecular weight excluding hydrogens is 343 g/mol. The predicted octanol–water partition coefficient (Wildman–Crippen LogP) is -2.56. The summed E-state index contributed by atoms with van der Waals surface area (Å²) in [4.78, 5) is 36.4. The van der Waals surface area contributed by atoms with Crippen molar-refractivity contribution in [1.29, 1.82) is 0 Å². The summed E-state index contributed by atoms with van der Waals surface area (Å²) in [5, 5.41) is 11.1. The first kappa shape index (κ1) is 19.0. The average molecular weight is 357 g/mol. The van der Waals surface area contributed by atoms with Gasteiger partial charge in [-0.1, -0.05) is 11.6 Å². The second-order valence-corrected chi connectivity index (χ2v) is 5.97. The molecule has 0 radical (unpaired) electrons. The van der Waals surface area contributed by atoms with Crippen molar-refractivity contribution in [3.63, 3.8) is 0 Å². The van der Waals surface area contributed by atoms with Crippen LogP contribution >= 0.6 is 11.6 Å². The molecule has 1 aliphatic rings. The average Bonchev–Trinajstić information content (AvgIpc) is 2.54. The summed E-state index contributed by atoms with van der Waals surface area (Å²) >= 11 is 5.81. The maximum absolute atomic E-state index is 12.7. The van der Waals surface area contributed by atoms with Crippen molar-refractivity contribution in [3.8, 4) is 5.69 Å². The van der Waals surface area contributed by atoms with Gasteiger partial charge < -0.3 is 14.5 Å². The first-order valence-electron chi connectivity index (χ1n) is 7.27. The zero-order valence-electron chi connectivity index (χ0n) is 13.5. The summed E-state index contributed by atoms with van der Waals surface area (Å²) in [5.74, 6) is -1.46. The number of hydrogen-bond acceptors (Lipinski definition) is 4. The van der Waals surface area contributed by atoms with Crippen LogP contribution in [0.4, 0.5) is 0 Å². The molecule has 0 unspecified atom stereocenters. The van der Waals surface area contributed by atoms with Gasteiger partial charge in [-0.05, 0) is 43.9 Å². The molecule has 6 nitrogen and oxygen atoms in total. The molecule has 1 heterocycles. The number of fused-ring (bicyclic) bond motifs is 1. The minimum atomic E-state index is -1.46. The minimum Gasteiger partial charge on any atom is -0.545 e. The normalized spacial score (nSPS) is 13.1. The molecule has 1 aromatic heterocycles. The van der Waals surface area contributed by atoms with Gasteiger partial charge in [0.1, 0.15) is 0 Å². The first-order chi connectivity index (χ1) is 10.9. The van der Waals surface area contributed by atoms with E-state index >= 15 is 0 Å². The molecule has 0 fully saturated rings. The third kappa shape index (κ3) is 3.11. The maximum atomic E-state index is 12.7. The van der Waals surface area contributed by atoms with Gasteiger partial charge in [0.15, 0.2) is 0 Å². The monoisotopic (exact) mass is 356 g/mol. The number of halogens is 1. The van der Waals surface area contributed by atoms with E-state index in [-0.39, 0.29) is 45.8 Å². The Kier molecular flexibility index (Phi) is 5.75. The van der Waals surface area contributed by atoms with E-state index in [9.17, 15) is 19.5 Å². The summed E-state index contributed by atoms with van der Waals surface area (Å²) in [6.07, 6.45) is 3.15. The van der Waals surface area contributed by atoms with E-state index in [1.54, 1.807) is 7.05 Å². The summed E-state index contributed by atoms with van der Waals surface area (Å²) in [6.45, 7) is 0. The van der Waals surface area contributed by atoms with Crippen LogP contribution in [0.5, 0.6) is 0 Å². The SMILES string of the molecule is Cn1c2c(c(=O)n(-c3ccc(Cl)c(C(=O)[O-])c3)c1=O)CCCC2.[Na+]. The smallest absolute Gasteiger partial charge is 0.545 e. The number of rotatable bonds is 2. The van der Waals surface area contributed by atoms with Crippen LogP contribution in [0.3, 0.4) is 0 Å². The Balaban J connectivity index is 0.00000208. The molecule has 1 aliphatic carbocycles. The topological polar surface area (TPSA) is 84.1 Å². The van der Waals surface area contributed by atoms with Crippen LogP contribution in [-0.2, 0) is 19.9 Å². The van der Waals surface area contributed by atoms with Gasteiger partial charge >= 0.3 is 35.2 Å². The largest absolute Gasteiger partial charge is 1.00 e. The van der Waals surface area contributed by atoms with Gasteiger partial charge in [-0.15, -0.1) is 0 Å². The number of carbonyl (C=O) groups is 1. The van der Waals surface area contributed by atoms with Crippen LogP contribution in [0, 0.1) is 0 Å². The Labute approximate surface area is 165 Å². The number of carboxylic acids is 1. The Bertz CT molecular complexity index is 933. The third-order valence-corrected chi connectivity index (χ3v) is 4.54. The van der Waals surface area contributed by atoms with Crippen molar-refractivity contribution in [2.45, 2.75) is 25.7 Å². The Hall–Kier alpha value is -1.34. The van der Waals surface area contributed by atoms with Crippen molar-refractivity contribution in [2.75, 3.05) is 0 Å². The first-order valence-corrected chi connectivity index (χ1v) is 7.64. The van der Waals surface area contributed by atoms with Gasteiger partial charge in [0.05, 0.1) is 11.7 Å². The molecule has 8 heteroatoms. The van der Waals surface area contributed by atoms with E-state index in [0.29, 0.717) is 18.4 Å².